The van der Waals surface area contributed by atoms with Crippen LogP contribution in [0.2, 0.25) is 0 Å². The van der Waals surface area contributed by atoms with Crippen molar-refractivity contribution in [3.05, 3.63) is 96.1 Å². The molecular formula is C36H41N3O7. The Balaban J connectivity index is 1.43. The molecule has 10 nitrogen and oxygen atoms in total. The van der Waals surface area contributed by atoms with Crippen LogP contribution in [-0.2, 0) is 35.2 Å². The van der Waals surface area contributed by atoms with Crippen molar-refractivity contribution in [3.8, 4) is 0 Å². The van der Waals surface area contributed by atoms with Crippen LogP contribution in [0.15, 0.2) is 85.0 Å². The average molecular weight is 628 g/mol. The van der Waals surface area contributed by atoms with Gasteiger partial charge in [-0.2, -0.15) is 0 Å². The summed E-state index contributed by atoms with van der Waals surface area (Å²) < 4.78 is 12.3. The van der Waals surface area contributed by atoms with E-state index in [1.807, 2.05) is 80.6 Å². The first-order valence-electron chi connectivity index (χ1n) is 16.0. The number of rotatable bonds is 6. The fraction of sp³-hybridized carbons (Fsp3) is 0.444. The Labute approximate surface area is 269 Å². The minimum Gasteiger partial charge on any atom is -0.463 e. The van der Waals surface area contributed by atoms with E-state index >= 15 is 0 Å². The van der Waals surface area contributed by atoms with Crippen molar-refractivity contribution in [3.63, 3.8) is 0 Å². The van der Waals surface area contributed by atoms with Gasteiger partial charge in [-0.05, 0) is 23.5 Å². The number of hydrogen-bond donors (Lipinski definition) is 2. The predicted molar refractivity (Wildman–Crippen MR) is 169 cm³/mol. The number of carbonyl (C=O) groups is 4. The molecule has 1 spiro atoms. The minimum absolute atomic E-state index is 0.0676. The Morgan fingerprint density at radius 3 is 2.39 bits per heavy atom. The van der Waals surface area contributed by atoms with Gasteiger partial charge in [-0.25, -0.2) is 0 Å². The van der Waals surface area contributed by atoms with Gasteiger partial charge in [-0.15, -0.1) is 0 Å². The number of likely N-dealkylation sites (tertiary alicyclic amines) is 1. The van der Waals surface area contributed by atoms with Crippen LogP contribution in [0.1, 0.15) is 43.9 Å². The maximum Gasteiger partial charge on any atom is 0.306 e. The molecule has 4 aliphatic rings. The van der Waals surface area contributed by atoms with Crippen LogP contribution in [0, 0.1) is 17.8 Å². The molecule has 4 heterocycles. The lowest BCUT2D eigenvalue weighted by Gasteiger charge is -2.40. The molecule has 0 saturated carbocycles. The molecule has 7 atom stereocenters. The highest BCUT2D eigenvalue weighted by Crippen LogP contribution is 2.53. The second-order valence-corrected chi connectivity index (χ2v) is 12.8. The third-order valence-corrected chi connectivity index (χ3v) is 9.62. The van der Waals surface area contributed by atoms with Crippen LogP contribution >= 0.6 is 0 Å². The maximum atomic E-state index is 14.7. The number of aliphatic hydroxyl groups excluding tert-OH is 1. The number of nitrogens with one attached hydrogen (secondary N) is 1. The van der Waals surface area contributed by atoms with E-state index in [2.05, 4.69) is 5.32 Å². The molecule has 0 aromatic heterocycles. The van der Waals surface area contributed by atoms with Gasteiger partial charge in [-0.1, -0.05) is 98.8 Å². The number of carbonyl (C=O) groups excluding carboxylic acids is 4. The highest BCUT2D eigenvalue weighted by atomic mass is 16.5. The van der Waals surface area contributed by atoms with E-state index < -0.39 is 53.5 Å². The molecule has 2 N–H and O–H groups in total. The molecule has 0 bridgehead atoms. The topological polar surface area (TPSA) is 125 Å². The van der Waals surface area contributed by atoms with Crippen molar-refractivity contribution in [2.45, 2.75) is 63.1 Å². The number of ether oxygens (including phenoxy) is 2. The summed E-state index contributed by atoms with van der Waals surface area (Å²) in [5, 5.41) is 13.6. The molecule has 0 aliphatic carbocycles. The summed E-state index contributed by atoms with van der Waals surface area (Å²) in [6.07, 6.45) is 6.82. The smallest absolute Gasteiger partial charge is 0.306 e. The molecule has 2 fully saturated rings. The van der Waals surface area contributed by atoms with Crippen molar-refractivity contribution < 1.29 is 33.8 Å². The van der Waals surface area contributed by atoms with Gasteiger partial charge in [0, 0.05) is 19.5 Å². The largest absolute Gasteiger partial charge is 0.463 e. The maximum absolute atomic E-state index is 14.7. The highest BCUT2D eigenvalue weighted by Gasteiger charge is 2.72. The van der Waals surface area contributed by atoms with Gasteiger partial charge in [0.15, 0.2) is 0 Å². The van der Waals surface area contributed by atoms with E-state index in [9.17, 15) is 24.3 Å². The molecule has 242 valence electrons. The number of nitrogens with zero attached hydrogens (tertiary/aromatic N) is 2. The van der Waals surface area contributed by atoms with E-state index in [-0.39, 0.29) is 37.4 Å². The normalized spacial score (nSPS) is 31.2. The quantitative estimate of drug-likeness (QED) is 0.373. The van der Waals surface area contributed by atoms with E-state index in [4.69, 9.17) is 9.47 Å². The zero-order valence-electron chi connectivity index (χ0n) is 26.2. The molecule has 3 amide bonds. The van der Waals surface area contributed by atoms with Crippen molar-refractivity contribution >= 4 is 23.7 Å². The first-order valence-corrected chi connectivity index (χ1v) is 16.0. The molecular weight excluding hydrogens is 586 g/mol. The Morgan fingerprint density at radius 2 is 1.70 bits per heavy atom. The number of benzene rings is 2. The van der Waals surface area contributed by atoms with Gasteiger partial charge in [-0.3, -0.25) is 19.2 Å². The molecule has 2 saturated heterocycles. The number of allylic oxidation sites excluding steroid dienone is 1. The molecule has 2 aromatic carbocycles. The molecule has 0 unspecified atom stereocenters. The SMILES string of the molecule is CC(C)[C@H](CO)N1C(=O)[C@@H]2[C@H]3C(=O)N[C@H](c4ccccc4)COC(=O)CC/C=C\[C@H]3O[C@@]23C=CCN(Cc2ccccc2)C(=O)[C@@H]13. The van der Waals surface area contributed by atoms with E-state index in [1.165, 1.54) is 4.90 Å². The third kappa shape index (κ3) is 5.76. The molecule has 4 aliphatic heterocycles. The van der Waals surface area contributed by atoms with Gasteiger partial charge in [0.25, 0.3) is 0 Å². The minimum atomic E-state index is -1.45. The van der Waals surface area contributed by atoms with Crippen LogP contribution in [-0.4, -0.2) is 82.1 Å². The van der Waals surface area contributed by atoms with Crippen molar-refractivity contribution in [1.82, 2.24) is 15.1 Å². The summed E-state index contributed by atoms with van der Waals surface area (Å²) in [6.45, 7) is 4.00. The highest BCUT2D eigenvalue weighted by molar-refractivity contribution is 6.00. The second kappa shape index (κ2) is 13.2. The summed E-state index contributed by atoms with van der Waals surface area (Å²) in [7, 11) is 0. The first kappa shape index (κ1) is 31.7. The lowest BCUT2D eigenvalue weighted by Crippen LogP contribution is -2.59. The molecule has 6 rings (SSSR count). The second-order valence-electron chi connectivity index (χ2n) is 12.8. The van der Waals surface area contributed by atoms with Gasteiger partial charge >= 0.3 is 5.97 Å². The standard InChI is InChI=1S/C36H41N3O7/c1-23(2)27(21-40)39-32-35(44)38(20-24-12-5-3-6-13-24)19-11-18-36(32)31(34(39)43)30-28(46-36)16-9-10-17-29(41)45-22-26(37-33(30)42)25-14-7-4-8-15-25/h3-9,11-16,18,23,26-28,30-32,40H,10,17,19-22H2,1-2H3,(H,37,42)/b16-9-/t26-,27-,28+,30-,31-,32+,36-/m0/s1. The summed E-state index contributed by atoms with van der Waals surface area (Å²) in [4.78, 5) is 59.4. The van der Waals surface area contributed by atoms with Crippen molar-refractivity contribution in [2.24, 2.45) is 17.8 Å². The number of aliphatic hydroxyl groups is 1. The van der Waals surface area contributed by atoms with Gasteiger partial charge in [0.05, 0.1) is 36.6 Å². The Morgan fingerprint density at radius 1 is 0.978 bits per heavy atom. The summed E-state index contributed by atoms with van der Waals surface area (Å²) in [6, 6.07) is 16.4. The fourth-order valence-electron chi connectivity index (χ4n) is 7.35. The number of amides is 3. The van der Waals surface area contributed by atoms with Gasteiger partial charge in [0.2, 0.25) is 17.7 Å². The Bertz CT molecular complexity index is 1510. The summed E-state index contributed by atoms with van der Waals surface area (Å²) in [5.74, 6) is -3.71. The zero-order chi connectivity index (χ0) is 32.4. The average Bonchev–Trinajstić information content (AvgIpc) is 3.44. The number of hydrogen-bond acceptors (Lipinski definition) is 7. The monoisotopic (exact) mass is 627 g/mol. The van der Waals surface area contributed by atoms with Crippen LogP contribution in [0.4, 0.5) is 0 Å². The van der Waals surface area contributed by atoms with Crippen molar-refractivity contribution in [1.29, 1.82) is 0 Å². The summed E-state index contributed by atoms with van der Waals surface area (Å²) >= 11 is 0. The van der Waals surface area contributed by atoms with Gasteiger partial charge in [0.1, 0.15) is 18.2 Å². The van der Waals surface area contributed by atoms with Crippen LogP contribution in [0.5, 0.6) is 0 Å². The fourth-order valence-corrected chi connectivity index (χ4v) is 7.35. The zero-order valence-corrected chi connectivity index (χ0v) is 26.2. The van der Waals surface area contributed by atoms with E-state index in [0.717, 1.165) is 11.1 Å². The predicted octanol–water partition coefficient (Wildman–Crippen LogP) is 2.93. The van der Waals surface area contributed by atoms with E-state index in [0.29, 0.717) is 19.5 Å². The molecule has 0 radical (unpaired) electrons. The third-order valence-electron chi connectivity index (χ3n) is 9.62. The molecule has 2 aromatic rings. The van der Waals surface area contributed by atoms with Crippen molar-refractivity contribution in [2.75, 3.05) is 19.8 Å². The van der Waals surface area contributed by atoms with Crippen LogP contribution in [0.3, 0.4) is 0 Å². The number of cyclic esters (lactones) is 1. The lowest BCUT2D eigenvalue weighted by molar-refractivity contribution is -0.152. The van der Waals surface area contributed by atoms with E-state index in [1.54, 1.807) is 23.1 Å². The molecule has 10 heteroatoms. The Kier molecular flexibility index (Phi) is 9.11. The van der Waals surface area contributed by atoms with Gasteiger partial charge < -0.3 is 29.7 Å². The lowest BCUT2D eigenvalue weighted by atomic mass is 9.77. The first-order chi connectivity index (χ1) is 22.2. The van der Waals surface area contributed by atoms with Crippen LogP contribution in [0.25, 0.3) is 0 Å². The molecule has 46 heavy (non-hydrogen) atoms. The number of esters is 1. The number of fused-ring (bicyclic) bond motifs is 2. The van der Waals surface area contributed by atoms with Crippen LogP contribution < -0.4 is 5.32 Å². The Hall–Kier alpha value is -4.28. The summed E-state index contributed by atoms with van der Waals surface area (Å²) in [5.41, 5.74) is 0.239.